The van der Waals surface area contributed by atoms with Gasteiger partial charge < -0.3 is 5.32 Å². The zero-order valence-electron chi connectivity index (χ0n) is 11.2. The van der Waals surface area contributed by atoms with Gasteiger partial charge in [0.1, 0.15) is 0 Å². The summed E-state index contributed by atoms with van der Waals surface area (Å²) in [6, 6.07) is 7.18. The topological polar surface area (TPSA) is 70.0 Å². The highest BCUT2D eigenvalue weighted by atomic mass is 79.9. The first-order chi connectivity index (χ1) is 8.67. The van der Waals surface area contributed by atoms with Crippen LogP contribution >= 0.6 is 15.9 Å². The minimum atomic E-state index is -3.12. The molecule has 0 aliphatic rings. The Morgan fingerprint density at radius 1 is 1.37 bits per heavy atom. The highest BCUT2D eigenvalue weighted by Gasteiger charge is 2.28. The van der Waals surface area contributed by atoms with Crippen molar-refractivity contribution in [2.75, 3.05) is 17.6 Å². The lowest BCUT2D eigenvalue weighted by Crippen LogP contribution is -2.32. The molecule has 0 bridgehead atoms. The average molecular weight is 345 g/mol. The fourth-order valence-corrected chi connectivity index (χ4v) is 2.86. The number of benzene rings is 1. The quantitative estimate of drug-likeness (QED) is 0.911. The van der Waals surface area contributed by atoms with Crippen molar-refractivity contribution in [3.05, 3.63) is 28.2 Å². The van der Waals surface area contributed by atoms with Crippen LogP contribution in [0.2, 0.25) is 0 Å². The third kappa shape index (κ3) is 4.22. The van der Waals surface area contributed by atoms with Gasteiger partial charge in [0.15, 0.2) is 9.84 Å². The third-order valence-electron chi connectivity index (χ3n) is 2.72. The van der Waals surface area contributed by atoms with Gasteiger partial charge >= 0.3 is 0 Å². The minimum Gasteiger partial charge on any atom is -0.383 e. The molecule has 0 fully saturated rings. The van der Waals surface area contributed by atoms with E-state index >= 15 is 0 Å². The second-order valence-electron chi connectivity index (χ2n) is 5.16. The smallest absolute Gasteiger partial charge is 0.156 e. The fraction of sp³-hybridized carbons (Fsp3) is 0.462. The van der Waals surface area contributed by atoms with Crippen molar-refractivity contribution in [1.82, 2.24) is 0 Å². The predicted octanol–water partition coefficient (Wildman–Crippen LogP) is 2.95. The lowest BCUT2D eigenvalue weighted by Gasteiger charge is -2.19. The van der Waals surface area contributed by atoms with E-state index in [1.165, 1.54) is 0 Å². The average Bonchev–Trinajstić information content (AvgIpc) is 2.29. The maximum atomic E-state index is 11.9. The molecule has 1 aromatic rings. The molecule has 0 saturated heterocycles. The van der Waals surface area contributed by atoms with Crippen LogP contribution in [0.4, 0.5) is 5.69 Å². The Morgan fingerprint density at radius 3 is 2.47 bits per heavy atom. The lowest BCUT2D eigenvalue weighted by atomic mass is 10.2. The van der Waals surface area contributed by atoms with E-state index in [0.717, 1.165) is 10.2 Å². The van der Waals surface area contributed by atoms with E-state index in [9.17, 15) is 8.42 Å². The van der Waals surface area contributed by atoms with Gasteiger partial charge in [0, 0.05) is 16.7 Å². The van der Waals surface area contributed by atoms with E-state index in [0.29, 0.717) is 12.1 Å². The number of sulfone groups is 1. The van der Waals surface area contributed by atoms with Gasteiger partial charge in [-0.3, -0.25) is 0 Å². The monoisotopic (exact) mass is 344 g/mol. The largest absolute Gasteiger partial charge is 0.383 e. The van der Waals surface area contributed by atoms with Gasteiger partial charge in [-0.25, -0.2) is 8.42 Å². The molecule has 104 valence electrons. The van der Waals surface area contributed by atoms with Crippen LogP contribution < -0.4 is 5.32 Å². The first-order valence-electron chi connectivity index (χ1n) is 5.83. The number of hydrogen-bond acceptors (Lipinski definition) is 4. The molecule has 0 aromatic heterocycles. The number of rotatable bonds is 4. The number of nitriles is 1. The SMILES string of the molecule is CC(C)(C)S(=O)(=O)CCNc1ccc(C#N)cc1Br. The first-order valence-corrected chi connectivity index (χ1v) is 8.28. The Kier molecular flexibility index (Phi) is 4.99. The Labute approximate surface area is 122 Å². The molecule has 0 radical (unpaired) electrons. The van der Waals surface area contributed by atoms with E-state index in [1.807, 2.05) is 6.07 Å². The van der Waals surface area contributed by atoms with Crippen LogP contribution in [0.5, 0.6) is 0 Å². The molecular weight excluding hydrogens is 328 g/mol. The highest BCUT2D eigenvalue weighted by Crippen LogP contribution is 2.23. The van der Waals surface area contributed by atoms with Crippen molar-refractivity contribution in [2.24, 2.45) is 0 Å². The minimum absolute atomic E-state index is 0.0724. The van der Waals surface area contributed by atoms with Crippen LogP contribution in [0.25, 0.3) is 0 Å². The molecular formula is C13H17BrN2O2S. The highest BCUT2D eigenvalue weighted by molar-refractivity contribution is 9.10. The summed E-state index contributed by atoms with van der Waals surface area (Å²) < 4.78 is 23.9. The second-order valence-corrected chi connectivity index (χ2v) is 8.88. The van der Waals surface area contributed by atoms with Gasteiger partial charge in [0.25, 0.3) is 0 Å². The molecule has 1 rings (SSSR count). The van der Waals surface area contributed by atoms with Gasteiger partial charge in [-0.2, -0.15) is 5.26 Å². The molecule has 19 heavy (non-hydrogen) atoms. The van der Waals surface area contributed by atoms with Gasteiger partial charge in [0.2, 0.25) is 0 Å². The fourth-order valence-electron chi connectivity index (χ4n) is 1.35. The zero-order valence-corrected chi connectivity index (χ0v) is 13.6. The van der Waals surface area contributed by atoms with Gasteiger partial charge in [-0.15, -0.1) is 0 Å². The third-order valence-corrected chi connectivity index (χ3v) is 5.98. The zero-order chi connectivity index (χ0) is 14.7. The standard InChI is InChI=1S/C13H17BrN2O2S/c1-13(2,3)19(17,18)7-6-16-12-5-4-10(9-15)8-11(12)14/h4-5,8,16H,6-7H2,1-3H3. The summed E-state index contributed by atoms with van der Waals surface area (Å²) in [5.74, 6) is 0.0724. The van der Waals surface area contributed by atoms with E-state index in [2.05, 4.69) is 21.2 Å². The second kappa shape index (κ2) is 5.93. The molecule has 6 heteroatoms. The Morgan fingerprint density at radius 2 is 2.00 bits per heavy atom. The molecule has 4 nitrogen and oxygen atoms in total. The molecule has 1 N–H and O–H groups in total. The maximum Gasteiger partial charge on any atom is 0.156 e. The molecule has 0 atom stereocenters. The summed E-state index contributed by atoms with van der Waals surface area (Å²) in [5, 5.41) is 11.8. The number of hydrogen-bond donors (Lipinski definition) is 1. The van der Waals surface area contributed by atoms with E-state index in [4.69, 9.17) is 5.26 Å². The first kappa shape index (κ1) is 16.0. The summed E-state index contributed by atoms with van der Waals surface area (Å²) in [4.78, 5) is 0. The molecule has 1 aromatic carbocycles. The number of anilines is 1. The van der Waals surface area contributed by atoms with Crippen molar-refractivity contribution in [3.63, 3.8) is 0 Å². The number of nitrogens with zero attached hydrogens (tertiary/aromatic N) is 1. The van der Waals surface area contributed by atoms with Crippen LogP contribution in [0.15, 0.2) is 22.7 Å². The Hall–Kier alpha value is -1.06. The summed E-state index contributed by atoms with van der Waals surface area (Å²) >= 11 is 3.35. The molecule has 0 saturated carbocycles. The summed E-state index contributed by atoms with van der Waals surface area (Å²) in [6.07, 6.45) is 0. The lowest BCUT2D eigenvalue weighted by molar-refractivity contribution is 0.560. The van der Waals surface area contributed by atoms with E-state index in [-0.39, 0.29) is 5.75 Å². The van der Waals surface area contributed by atoms with Crippen LogP contribution in [0, 0.1) is 11.3 Å². The predicted molar refractivity (Wildman–Crippen MR) is 80.9 cm³/mol. The van der Waals surface area contributed by atoms with Crippen LogP contribution in [-0.4, -0.2) is 25.5 Å². The normalized spacial score (nSPS) is 11.9. The summed E-state index contributed by atoms with van der Waals surface area (Å²) in [7, 11) is -3.12. The Bertz CT molecular complexity index is 598. The number of halogens is 1. The van der Waals surface area contributed by atoms with E-state index in [1.54, 1.807) is 39.0 Å². The van der Waals surface area contributed by atoms with Crippen molar-refractivity contribution in [1.29, 1.82) is 5.26 Å². The van der Waals surface area contributed by atoms with Gasteiger partial charge in [-0.1, -0.05) is 0 Å². The molecule has 0 aliphatic carbocycles. The van der Waals surface area contributed by atoms with E-state index < -0.39 is 14.6 Å². The molecule has 0 aliphatic heterocycles. The summed E-state index contributed by atoms with van der Waals surface area (Å²) in [6.45, 7) is 5.42. The molecule has 0 spiro atoms. The van der Waals surface area contributed by atoms with Crippen LogP contribution in [0.1, 0.15) is 26.3 Å². The number of nitrogens with one attached hydrogen (secondary N) is 1. The summed E-state index contributed by atoms with van der Waals surface area (Å²) in [5.41, 5.74) is 1.34. The van der Waals surface area contributed by atoms with Crippen molar-refractivity contribution in [2.45, 2.75) is 25.5 Å². The van der Waals surface area contributed by atoms with Crippen LogP contribution in [0.3, 0.4) is 0 Å². The van der Waals surface area contributed by atoms with Crippen molar-refractivity contribution < 1.29 is 8.42 Å². The Balaban J connectivity index is 2.68. The molecule has 0 amide bonds. The van der Waals surface area contributed by atoms with Gasteiger partial charge in [0.05, 0.1) is 22.1 Å². The molecule has 0 heterocycles. The molecule has 0 unspecified atom stereocenters. The van der Waals surface area contributed by atoms with Crippen molar-refractivity contribution >= 4 is 31.5 Å². The van der Waals surface area contributed by atoms with Gasteiger partial charge in [-0.05, 0) is 54.9 Å². The van der Waals surface area contributed by atoms with Crippen molar-refractivity contribution in [3.8, 4) is 6.07 Å². The maximum absolute atomic E-state index is 11.9. The van der Waals surface area contributed by atoms with Crippen LogP contribution in [-0.2, 0) is 9.84 Å².